The molecule has 0 radical (unpaired) electrons. The second kappa shape index (κ2) is 9.69. The minimum Gasteiger partial charge on any atom is -0.465 e. The molecule has 1 aliphatic heterocycles. The molecule has 2 amide bonds. The normalized spacial score (nSPS) is 17.0. The molecule has 7 heteroatoms. The molecule has 0 spiro atoms. The second-order valence-electron chi connectivity index (χ2n) is 8.27. The van der Waals surface area contributed by atoms with E-state index >= 15 is 0 Å². The number of esters is 1. The van der Waals surface area contributed by atoms with Gasteiger partial charge in [0, 0.05) is 34.9 Å². The molecule has 0 saturated carbocycles. The van der Waals surface area contributed by atoms with E-state index in [9.17, 15) is 14.4 Å². The molecule has 0 aromatic heterocycles. The maximum Gasteiger partial charge on any atom is 0.337 e. The van der Waals surface area contributed by atoms with Crippen molar-refractivity contribution in [2.75, 3.05) is 16.9 Å². The van der Waals surface area contributed by atoms with Crippen LogP contribution in [0.2, 0.25) is 5.02 Å². The Balaban J connectivity index is 1.76. The third kappa shape index (κ3) is 4.41. The van der Waals surface area contributed by atoms with Crippen LogP contribution in [0.15, 0.2) is 72.8 Å². The van der Waals surface area contributed by atoms with E-state index in [2.05, 4.69) is 0 Å². The Bertz CT molecular complexity index is 1240. The molecule has 0 N–H and O–H groups in total. The van der Waals surface area contributed by atoms with Crippen LogP contribution >= 0.6 is 11.6 Å². The number of anilines is 2. The Hall–Kier alpha value is -3.64. The first-order valence-electron chi connectivity index (χ1n) is 11.0. The number of fused-ring (bicyclic) bond motifs is 1. The first-order valence-corrected chi connectivity index (χ1v) is 11.4. The number of halogens is 1. The van der Waals surface area contributed by atoms with Crippen LogP contribution in [-0.4, -0.2) is 30.9 Å². The van der Waals surface area contributed by atoms with E-state index in [-0.39, 0.29) is 23.9 Å². The van der Waals surface area contributed by atoms with E-state index in [1.165, 1.54) is 14.0 Å². The van der Waals surface area contributed by atoms with Crippen LogP contribution in [0.1, 0.15) is 52.6 Å². The van der Waals surface area contributed by atoms with Crippen molar-refractivity contribution in [3.63, 3.8) is 0 Å². The summed E-state index contributed by atoms with van der Waals surface area (Å²) in [6, 6.07) is 20.8. The van der Waals surface area contributed by atoms with E-state index in [1.807, 2.05) is 43.3 Å². The summed E-state index contributed by atoms with van der Waals surface area (Å²) in [5.41, 5.74) is 3.07. The summed E-state index contributed by atoms with van der Waals surface area (Å²) in [5.74, 6) is -0.813. The average molecular weight is 477 g/mol. The maximum atomic E-state index is 13.6. The van der Waals surface area contributed by atoms with Crippen LogP contribution in [0.4, 0.5) is 11.4 Å². The Labute approximate surface area is 203 Å². The third-order valence-corrected chi connectivity index (χ3v) is 6.32. The van der Waals surface area contributed by atoms with Crippen LogP contribution in [0.3, 0.4) is 0 Å². The van der Waals surface area contributed by atoms with Crippen molar-refractivity contribution in [2.45, 2.75) is 32.4 Å². The fraction of sp³-hybridized carbons (Fsp3) is 0.222. The molecule has 6 nitrogen and oxygen atoms in total. The number of amides is 2. The smallest absolute Gasteiger partial charge is 0.337 e. The zero-order valence-electron chi connectivity index (χ0n) is 19.2. The number of nitrogens with zero attached hydrogens (tertiary/aromatic N) is 2. The number of rotatable bonds is 4. The maximum absolute atomic E-state index is 13.6. The van der Waals surface area contributed by atoms with Crippen LogP contribution in [0.25, 0.3) is 0 Å². The minimum absolute atomic E-state index is 0.0973. The highest BCUT2D eigenvalue weighted by Crippen LogP contribution is 2.42. The lowest BCUT2D eigenvalue weighted by molar-refractivity contribution is -0.117. The highest BCUT2D eigenvalue weighted by atomic mass is 35.5. The van der Waals surface area contributed by atoms with E-state index in [0.29, 0.717) is 22.6 Å². The lowest BCUT2D eigenvalue weighted by Gasteiger charge is -2.43. The van der Waals surface area contributed by atoms with Crippen LogP contribution < -0.4 is 9.80 Å². The van der Waals surface area contributed by atoms with Gasteiger partial charge in [-0.2, -0.15) is 0 Å². The van der Waals surface area contributed by atoms with Crippen molar-refractivity contribution in [3.8, 4) is 0 Å². The van der Waals surface area contributed by atoms with Gasteiger partial charge in [0.05, 0.1) is 18.7 Å². The van der Waals surface area contributed by atoms with Crippen molar-refractivity contribution >= 4 is 40.8 Å². The van der Waals surface area contributed by atoms with Gasteiger partial charge >= 0.3 is 5.97 Å². The molecule has 3 aromatic rings. The fourth-order valence-electron chi connectivity index (χ4n) is 4.55. The molecule has 1 heterocycles. The Morgan fingerprint density at radius 1 is 0.971 bits per heavy atom. The average Bonchev–Trinajstić information content (AvgIpc) is 2.84. The summed E-state index contributed by atoms with van der Waals surface area (Å²) in [5, 5.41) is 0.593. The molecule has 1 aliphatic rings. The van der Waals surface area contributed by atoms with Gasteiger partial charge in [0.15, 0.2) is 0 Å². The molecule has 0 unspecified atom stereocenters. The zero-order valence-corrected chi connectivity index (χ0v) is 20.0. The predicted molar refractivity (Wildman–Crippen MR) is 132 cm³/mol. The molecule has 2 atom stereocenters. The van der Waals surface area contributed by atoms with Gasteiger partial charge in [-0.3, -0.25) is 9.59 Å². The van der Waals surface area contributed by atoms with Crippen LogP contribution in [0, 0.1) is 0 Å². The topological polar surface area (TPSA) is 66.9 Å². The molecular formula is C27H25ClN2O4. The molecule has 34 heavy (non-hydrogen) atoms. The number of benzene rings is 3. The lowest BCUT2D eigenvalue weighted by atomic mass is 9.89. The number of methoxy groups -OCH3 is 1. The Kier molecular flexibility index (Phi) is 6.70. The lowest BCUT2D eigenvalue weighted by Crippen LogP contribution is -2.47. The van der Waals surface area contributed by atoms with Gasteiger partial charge < -0.3 is 14.5 Å². The first kappa shape index (κ1) is 23.5. The number of hydrogen-bond acceptors (Lipinski definition) is 4. The monoisotopic (exact) mass is 476 g/mol. The van der Waals surface area contributed by atoms with Gasteiger partial charge in [-0.05, 0) is 67.4 Å². The molecule has 3 aromatic carbocycles. The van der Waals surface area contributed by atoms with Crippen molar-refractivity contribution in [2.24, 2.45) is 0 Å². The van der Waals surface area contributed by atoms with Crippen molar-refractivity contribution in [1.29, 1.82) is 0 Å². The molecular weight excluding hydrogens is 452 g/mol. The molecule has 0 bridgehead atoms. The minimum atomic E-state index is -0.498. The first-order chi connectivity index (χ1) is 16.3. The number of ether oxygens (including phenoxy) is 1. The summed E-state index contributed by atoms with van der Waals surface area (Å²) in [6.45, 7) is 3.50. The summed E-state index contributed by atoms with van der Waals surface area (Å²) >= 11 is 6.06. The van der Waals surface area contributed by atoms with Gasteiger partial charge in [0.2, 0.25) is 5.91 Å². The zero-order chi connectivity index (χ0) is 24.4. The predicted octanol–water partition coefficient (Wildman–Crippen LogP) is 5.66. The fourth-order valence-corrected chi connectivity index (χ4v) is 4.68. The van der Waals surface area contributed by atoms with E-state index < -0.39 is 5.97 Å². The number of hydrogen-bond donors (Lipinski definition) is 0. The molecule has 0 aliphatic carbocycles. The number of para-hydroxylation sites is 1. The standard InChI is InChI=1S/C27H25ClN2O4/c1-17-15-25(30(18(2)31)22-13-11-21(28)12-14-22)23-9-4-5-10-24(23)29(17)26(32)19-7-6-8-20(16-19)27(33)34-3/h4-14,16-17,25H,15H2,1-3H3/t17-,25+/m0/s1. The molecule has 0 saturated heterocycles. The molecule has 174 valence electrons. The van der Waals surface area contributed by atoms with Gasteiger partial charge in [0.25, 0.3) is 5.91 Å². The highest BCUT2D eigenvalue weighted by molar-refractivity contribution is 6.30. The van der Waals surface area contributed by atoms with Gasteiger partial charge in [-0.1, -0.05) is 35.9 Å². The number of carbonyl (C=O) groups is 3. The SMILES string of the molecule is COC(=O)c1cccc(C(=O)N2c3ccccc3[C@H](N(C(C)=O)c3ccc(Cl)cc3)C[C@@H]2C)c1. The summed E-state index contributed by atoms with van der Waals surface area (Å²) in [6.07, 6.45) is 0.543. The summed E-state index contributed by atoms with van der Waals surface area (Å²) < 4.78 is 4.80. The highest BCUT2D eigenvalue weighted by Gasteiger charge is 2.38. The van der Waals surface area contributed by atoms with E-state index in [4.69, 9.17) is 16.3 Å². The van der Waals surface area contributed by atoms with E-state index in [1.54, 1.807) is 46.2 Å². The van der Waals surface area contributed by atoms with Crippen molar-refractivity contribution in [3.05, 3.63) is 94.5 Å². The van der Waals surface area contributed by atoms with Gasteiger partial charge in [0.1, 0.15) is 0 Å². The largest absolute Gasteiger partial charge is 0.465 e. The van der Waals surface area contributed by atoms with Gasteiger partial charge in [-0.25, -0.2) is 4.79 Å². The van der Waals surface area contributed by atoms with Crippen molar-refractivity contribution in [1.82, 2.24) is 0 Å². The van der Waals surface area contributed by atoms with Gasteiger partial charge in [-0.15, -0.1) is 0 Å². The second-order valence-corrected chi connectivity index (χ2v) is 8.71. The summed E-state index contributed by atoms with van der Waals surface area (Å²) in [7, 11) is 1.31. The Morgan fingerprint density at radius 3 is 2.32 bits per heavy atom. The summed E-state index contributed by atoms with van der Waals surface area (Å²) in [4.78, 5) is 41.9. The van der Waals surface area contributed by atoms with Crippen molar-refractivity contribution < 1.29 is 19.1 Å². The van der Waals surface area contributed by atoms with Crippen LogP contribution in [0.5, 0.6) is 0 Å². The molecule has 0 fully saturated rings. The molecule has 4 rings (SSSR count). The van der Waals surface area contributed by atoms with Crippen LogP contribution in [-0.2, 0) is 9.53 Å². The Morgan fingerprint density at radius 2 is 1.65 bits per heavy atom. The number of carbonyl (C=O) groups excluding carboxylic acids is 3. The third-order valence-electron chi connectivity index (χ3n) is 6.07. The quantitative estimate of drug-likeness (QED) is 0.456. The van der Waals surface area contributed by atoms with E-state index in [0.717, 1.165) is 16.9 Å².